The van der Waals surface area contributed by atoms with E-state index >= 15 is 0 Å². The van der Waals surface area contributed by atoms with Crippen molar-refractivity contribution in [2.45, 2.75) is 38.5 Å². The maximum absolute atomic E-state index is 12.2. The minimum Gasteiger partial charge on any atom is -0.493 e. The number of rotatable bonds is 7. The maximum Gasteiger partial charge on any atom is 0.238 e. The molecule has 0 saturated heterocycles. The number of primary sulfonamides is 1. The molecule has 3 N–H and O–H groups in total. The molecule has 0 spiro atoms. The van der Waals surface area contributed by atoms with Crippen molar-refractivity contribution in [3.63, 3.8) is 0 Å². The second-order valence-corrected chi connectivity index (χ2v) is 8.37. The summed E-state index contributed by atoms with van der Waals surface area (Å²) in [5, 5.41) is 8.58. The standard InChI is InChI=1S/C19H23ClN2O4S/c1-12-10-16(27(21,24)25)11-17(14(12)3)22-19(23)5-4-8-26-18-7-6-15(20)9-13(18)2/h6-7,9-11H,4-5,8H2,1-3H3,(H,22,23)(H2,21,24,25). The number of halogens is 1. The van der Waals surface area contributed by atoms with Gasteiger partial charge in [-0.05, 0) is 74.2 Å². The zero-order chi connectivity index (χ0) is 20.2. The Bertz CT molecular complexity index is 958. The van der Waals surface area contributed by atoms with Crippen LogP contribution in [0.15, 0.2) is 35.2 Å². The highest BCUT2D eigenvalue weighted by atomic mass is 35.5. The Balaban J connectivity index is 1.93. The minimum atomic E-state index is -3.84. The van der Waals surface area contributed by atoms with E-state index in [0.717, 1.165) is 22.4 Å². The quantitative estimate of drug-likeness (QED) is 0.679. The molecule has 0 aliphatic carbocycles. The fourth-order valence-corrected chi connectivity index (χ4v) is 3.37. The van der Waals surface area contributed by atoms with E-state index in [9.17, 15) is 13.2 Å². The molecule has 0 aliphatic heterocycles. The molecule has 6 nitrogen and oxygen atoms in total. The van der Waals surface area contributed by atoms with E-state index in [0.29, 0.717) is 23.7 Å². The van der Waals surface area contributed by atoms with Crippen LogP contribution in [0.25, 0.3) is 0 Å². The number of nitrogens with one attached hydrogen (secondary N) is 1. The van der Waals surface area contributed by atoms with Gasteiger partial charge in [0.05, 0.1) is 11.5 Å². The number of amides is 1. The Morgan fingerprint density at radius 2 is 1.85 bits per heavy atom. The smallest absolute Gasteiger partial charge is 0.238 e. The number of aryl methyl sites for hydroxylation is 2. The number of carbonyl (C=O) groups is 1. The number of nitrogens with two attached hydrogens (primary N) is 1. The second kappa shape index (κ2) is 8.73. The predicted octanol–water partition coefficient (Wildman–Crippen LogP) is 3.71. The highest BCUT2D eigenvalue weighted by Gasteiger charge is 2.14. The van der Waals surface area contributed by atoms with E-state index in [-0.39, 0.29) is 17.2 Å². The van der Waals surface area contributed by atoms with Crippen LogP contribution in [0.3, 0.4) is 0 Å². The summed E-state index contributed by atoms with van der Waals surface area (Å²) in [7, 11) is -3.84. The summed E-state index contributed by atoms with van der Waals surface area (Å²) in [6.45, 7) is 5.86. The van der Waals surface area contributed by atoms with Crippen LogP contribution < -0.4 is 15.2 Å². The number of carbonyl (C=O) groups excluding carboxylic acids is 1. The van der Waals surface area contributed by atoms with Crippen LogP contribution in [0.1, 0.15) is 29.5 Å². The van der Waals surface area contributed by atoms with Crippen molar-refractivity contribution in [2.75, 3.05) is 11.9 Å². The molecule has 8 heteroatoms. The fraction of sp³-hybridized carbons (Fsp3) is 0.316. The second-order valence-electron chi connectivity index (χ2n) is 6.37. The minimum absolute atomic E-state index is 0.0255. The topological polar surface area (TPSA) is 98.5 Å². The Labute approximate surface area is 164 Å². The van der Waals surface area contributed by atoms with Gasteiger partial charge in [-0.3, -0.25) is 4.79 Å². The van der Waals surface area contributed by atoms with Crippen LogP contribution in [-0.4, -0.2) is 20.9 Å². The van der Waals surface area contributed by atoms with Crippen LogP contribution in [0.4, 0.5) is 5.69 Å². The number of benzene rings is 2. The van der Waals surface area contributed by atoms with Gasteiger partial charge in [-0.1, -0.05) is 11.6 Å². The van der Waals surface area contributed by atoms with Gasteiger partial charge in [-0.25, -0.2) is 13.6 Å². The maximum atomic E-state index is 12.2. The largest absolute Gasteiger partial charge is 0.493 e. The molecule has 2 rings (SSSR count). The van der Waals surface area contributed by atoms with Crippen LogP contribution in [0.5, 0.6) is 5.75 Å². The molecule has 146 valence electrons. The third-order valence-electron chi connectivity index (χ3n) is 4.19. The van der Waals surface area contributed by atoms with Crippen molar-refractivity contribution in [2.24, 2.45) is 5.14 Å². The Kier molecular flexibility index (Phi) is 6.86. The van der Waals surface area contributed by atoms with E-state index in [2.05, 4.69) is 5.32 Å². The van der Waals surface area contributed by atoms with Gasteiger partial charge in [0.25, 0.3) is 0 Å². The number of sulfonamides is 1. The SMILES string of the molecule is Cc1cc(Cl)ccc1OCCCC(=O)Nc1cc(S(N)(=O)=O)cc(C)c1C. The predicted molar refractivity (Wildman–Crippen MR) is 107 cm³/mol. The number of hydrogen-bond donors (Lipinski definition) is 2. The average Bonchev–Trinajstić information content (AvgIpc) is 2.56. The van der Waals surface area contributed by atoms with Crippen LogP contribution >= 0.6 is 11.6 Å². The summed E-state index contributed by atoms with van der Waals surface area (Å²) >= 11 is 5.91. The van der Waals surface area contributed by atoms with Crippen molar-refractivity contribution in [1.29, 1.82) is 0 Å². The fourth-order valence-electron chi connectivity index (χ4n) is 2.52. The lowest BCUT2D eigenvalue weighted by molar-refractivity contribution is -0.116. The molecule has 0 unspecified atom stereocenters. The van der Waals surface area contributed by atoms with Gasteiger partial charge in [0.1, 0.15) is 5.75 Å². The van der Waals surface area contributed by atoms with E-state index in [4.69, 9.17) is 21.5 Å². The Morgan fingerprint density at radius 1 is 1.15 bits per heavy atom. The summed E-state index contributed by atoms with van der Waals surface area (Å²) < 4.78 is 28.8. The summed E-state index contributed by atoms with van der Waals surface area (Å²) in [5.74, 6) is 0.507. The molecule has 0 radical (unpaired) electrons. The average molecular weight is 411 g/mol. The van der Waals surface area contributed by atoms with Gasteiger partial charge in [-0.15, -0.1) is 0 Å². The molecule has 0 heterocycles. The van der Waals surface area contributed by atoms with E-state index in [1.54, 1.807) is 19.1 Å². The van der Waals surface area contributed by atoms with E-state index in [1.165, 1.54) is 12.1 Å². The lowest BCUT2D eigenvalue weighted by Gasteiger charge is -2.13. The molecule has 2 aromatic rings. The van der Waals surface area contributed by atoms with Crippen LogP contribution in [-0.2, 0) is 14.8 Å². The van der Waals surface area contributed by atoms with Gasteiger partial charge >= 0.3 is 0 Å². The third-order valence-corrected chi connectivity index (χ3v) is 5.31. The number of hydrogen-bond acceptors (Lipinski definition) is 4. The third kappa shape index (κ3) is 5.95. The van der Waals surface area contributed by atoms with Crippen molar-refractivity contribution < 1.29 is 17.9 Å². The van der Waals surface area contributed by atoms with Gasteiger partial charge in [-0.2, -0.15) is 0 Å². The molecule has 2 aromatic carbocycles. The van der Waals surface area contributed by atoms with Gasteiger partial charge in [0.2, 0.25) is 15.9 Å². The molecule has 27 heavy (non-hydrogen) atoms. The van der Waals surface area contributed by atoms with Crippen molar-refractivity contribution in [3.05, 3.63) is 52.0 Å². The first-order valence-corrected chi connectivity index (χ1v) is 10.3. The highest BCUT2D eigenvalue weighted by molar-refractivity contribution is 7.89. The molecule has 0 fully saturated rings. The molecular formula is C19H23ClN2O4S. The lowest BCUT2D eigenvalue weighted by atomic mass is 10.1. The molecule has 0 aliphatic rings. The molecule has 1 amide bonds. The van der Waals surface area contributed by atoms with Gasteiger partial charge < -0.3 is 10.1 Å². The van der Waals surface area contributed by atoms with Crippen LogP contribution in [0, 0.1) is 20.8 Å². The monoisotopic (exact) mass is 410 g/mol. The lowest BCUT2D eigenvalue weighted by Crippen LogP contribution is -2.16. The summed E-state index contributed by atoms with van der Waals surface area (Å²) in [5.41, 5.74) is 2.90. The molecule has 0 saturated carbocycles. The Hall–Kier alpha value is -2.09. The summed E-state index contributed by atoms with van der Waals surface area (Å²) in [4.78, 5) is 12.2. The number of anilines is 1. The zero-order valence-electron chi connectivity index (χ0n) is 15.5. The molecule has 0 bridgehead atoms. The number of ether oxygens (including phenoxy) is 1. The van der Waals surface area contributed by atoms with Gasteiger partial charge in [0, 0.05) is 17.1 Å². The molecule has 0 atom stereocenters. The van der Waals surface area contributed by atoms with E-state index < -0.39 is 10.0 Å². The van der Waals surface area contributed by atoms with Crippen molar-refractivity contribution in [3.8, 4) is 5.75 Å². The highest BCUT2D eigenvalue weighted by Crippen LogP contribution is 2.24. The van der Waals surface area contributed by atoms with E-state index in [1.807, 2.05) is 19.9 Å². The molecular weight excluding hydrogens is 388 g/mol. The molecule has 0 aromatic heterocycles. The normalized spacial score (nSPS) is 11.3. The van der Waals surface area contributed by atoms with Crippen LogP contribution in [0.2, 0.25) is 5.02 Å². The summed E-state index contributed by atoms with van der Waals surface area (Å²) in [6.07, 6.45) is 0.755. The first-order chi connectivity index (χ1) is 12.6. The Morgan fingerprint density at radius 3 is 2.48 bits per heavy atom. The zero-order valence-corrected chi connectivity index (χ0v) is 17.1. The van der Waals surface area contributed by atoms with Crippen molar-refractivity contribution >= 4 is 33.2 Å². The summed E-state index contributed by atoms with van der Waals surface area (Å²) in [6, 6.07) is 8.22. The first-order valence-electron chi connectivity index (χ1n) is 8.41. The van der Waals surface area contributed by atoms with Crippen molar-refractivity contribution in [1.82, 2.24) is 0 Å². The van der Waals surface area contributed by atoms with Gasteiger partial charge in [0.15, 0.2) is 0 Å². The first kappa shape index (κ1) is 21.2.